The highest BCUT2D eigenvalue weighted by Gasteiger charge is 2.18. The second-order valence-electron chi connectivity index (χ2n) is 6.80. The van der Waals surface area contributed by atoms with E-state index in [0.717, 1.165) is 4.47 Å². The molecule has 2 aromatic carbocycles. The van der Waals surface area contributed by atoms with E-state index in [2.05, 4.69) is 36.9 Å². The van der Waals surface area contributed by atoms with Crippen molar-refractivity contribution >= 4 is 38.6 Å². The van der Waals surface area contributed by atoms with Crippen LogP contribution in [0.5, 0.6) is 5.75 Å². The van der Waals surface area contributed by atoms with Crippen molar-refractivity contribution < 1.29 is 14.7 Å². The van der Waals surface area contributed by atoms with E-state index in [1.807, 2.05) is 6.07 Å². The Labute approximate surface area is 189 Å². The molecule has 4 aromatic rings. The lowest BCUT2D eigenvalue weighted by Crippen LogP contribution is -2.42. The van der Waals surface area contributed by atoms with E-state index >= 15 is 0 Å². The fourth-order valence-electron chi connectivity index (χ4n) is 3.00. The highest BCUT2D eigenvalue weighted by Crippen LogP contribution is 2.18. The minimum absolute atomic E-state index is 0.0733. The predicted octanol–water partition coefficient (Wildman–Crippen LogP) is 1.90. The summed E-state index contributed by atoms with van der Waals surface area (Å²) in [5.74, 6) is -1.64. The van der Waals surface area contributed by atoms with Crippen LogP contribution in [0.4, 0.5) is 0 Å². The number of hydrogen-bond donors (Lipinski definition) is 3. The molecule has 2 aromatic heterocycles. The second-order valence-corrected chi connectivity index (χ2v) is 7.72. The monoisotopic (exact) mass is 496 g/mol. The molecule has 0 saturated carbocycles. The lowest BCUT2D eigenvalue weighted by atomic mass is 10.2. The van der Waals surface area contributed by atoms with Gasteiger partial charge in [0.05, 0.1) is 29.1 Å². The molecule has 4 rings (SSSR count). The van der Waals surface area contributed by atoms with Crippen molar-refractivity contribution in [3.63, 3.8) is 0 Å². The third-order valence-corrected chi connectivity index (χ3v) is 5.11. The highest BCUT2D eigenvalue weighted by atomic mass is 79.9. The first-order chi connectivity index (χ1) is 15.4. The van der Waals surface area contributed by atoms with Gasteiger partial charge in [-0.25, -0.2) is 9.67 Å². The number of aromatic hydroxyl groups is 1. The first-order valence-electron chi connectivity index (χ1n) is 9.50. The number of carbonyl (C=O) groups excluding carboxylic acids is 2. The topological polar surface area (TPSA) is 131 Å². The molecule has 10 nitrogen and oxygen atoms in total. The molecule has 0 bridgehead atoms. The second kappa shape index (κ2) is 9.02. The summed E-state index contributed by atoms with van der Waals surface area (Å²) >= 11 is 3.32. The number of hydrazine groups is 1. The molecule has 0 unspecified atom stereocenters. The lowest BCUT2D eigenvalue weighted by Gasteiger charge is -2.08. The molecule has 32 heavy (non-hydrogen) atoms. The van der Waals surface area contributed by atoms with Crippen molar-refractivity contribution in [2.45, 2.75) is 13.0 Å². The maximum Gasteiger partial charge on any atom is 0.294 e. The van der Waals surface area contributed by atoms with Crippen molar-refractivity contribution in [2.24, 2.45) is 0 Å². The predicted molar refractivity (Wildman–Crippen MR) is 119 cm³/mol. The van der Waals surface area contributed by atoms with E-state index in [4.69, 9.17) is 0 Å². The van der Waals surface area contributed by atoms with Crippen LogP contribution >= 0.6 is 15.9 Å². The number of para-hydroxylation sites is 1. The zero-order chi connectivity index (χ0) is 22.7. The molecule has 0 aliphatic rings. The van der Waals surface area contributed by atoms with E-state index in [9.17, 15) is 19.5 Å². The van der Waals surface area contributed by atoms with Crippen LogP contribution in [0.2, 0.25) is 0 Å². The van der Waals surface area contributed by atoms with Crippen LogP contribution in [0.3, 0.4) is 0 Å². The van der Waals surface area contributed by atoms with Crippen molar-refractivity contribution in [1.82, 2.24) is 30.2 Å². The number of aromatic nitrogens is 4. The average Bonchev–Trinajstić information content (AvgIpc) is 3.19. The average molecular weight is 497 g/mol. The van der Waals surface area contributed by atoms with Crippen molar-refractivity contribution in [1.29, 1.82) is 0 Å². The number of hydrogen-bond acceptors (Lipinski definition) is 6. The number of nitrogens with one attached hydrogen (secondary N) is 2. The Morgan fingerprint density at radius 1 is 1.09 bits per heavy atom. The first kappa shape index (κ1) is 21.2. The van der Waals surface area contributed by atoms with Gasteiger partial charge < -0.3 is 5.11 Å². The zero-order valence-corrected chi connectivity index (χ0v) is 18.1. The molecule has 0 fully saturated rings. The zero-order valence-electron chi connectivity index (χ0n) is 16.5. The number of amides is 2. The van der Waals surface area contributed by atoms with Gasteiger partial charge in [0.15, 0.2) is 11.4 Å². The van der Waals surface area contributed by atoms with Gasteiger partial charge >= 0.3 is 0 Å². The number of aryl methyl sites for hydroxylation is 1. The summed E-state index contributed by atoms with van der Waals surface area (Å²) in [4.78, 5) is 41.2. The third kappa shape index (κ3) is 4.52. The summed E-state index contributed by atoms with van der Waals surface area (Å²) in [6.07, 6.45) is 2.59. The van der Waals surface area contributed by atoms with Gasteiger partial charge in [0.2, 0.25) is 5.91 Å². The fourth-order valence-corrected chi connectivity index (χ4v) is 3.36. The van der Waals surface area contributed by atoms with E-state index in [1.54, 1.807) is 42.5 Å². The summed E-state index contributed by atoms with van der Waals surface area (Å²) in [7, 11) is 0. The summed E-state index contributed by atoms with van der Waals surface area (Å²) < 4.78 is 3.42. The van der Waals surface area contributed by atoms with Crippen LogP contribution in [0, 0.1) is 0 Å². The van der Waals surface area contributed by atoms with Gasteiger partial charge in [0, 0.05) is 17.4 Å². The Morgan fingerprint density at radius 2 is 1.88 bits per heavy atom. The van der Waals surface area contributed by atoms with Gasteiger partial charge in [-0.05, 0) is 30.3 Å². The van der Waals surface area contributed by atoms with E-state index in [0.29, 0.717) is 16.6 Å². The first-order valence-corrected chi connectivity index (χ1v) is 10.3. The minimum atomic E-state index is -0.778. The number of halogens is 1. The molecule has 0 radical (unpaired) electrons. The molecule has 3 N–H and O–H groups in total. The van der Waals surface area contributed by atoms with Crippen molar-refractivity contribution in [3.8, 4) is 11.4 Å². The Kier molecular flexibility index (Phi) is 5.99. The van der Waals surface area contributed by atoms with E-state index in [-0.39, 0.29) is 30.0 Å². The molecule has 0 saturated heterocycles. The summed E-state index contributed by atoms with van der Waals surface area (Å²) in [5, 5.41) is 14.5. The summed E-state index contributed by atoms with van der Waals surface area (Å²) in [6.45, 7) is 0.0733. The van der Waals surface area contributed by atoms with Gasteiger partial charge in [-0.2, -0.15) is 5.10 Å². The molecule has 0 aliphatic carbocycles. The van der Waals surface area contributed by atoms with Crippen LogP contribution in [-0.2, 0) is 11.3 Å². The van der Waals surface area contributed by atoms with Gasteiger partial charge in [-0.1, -0.05) is 34.1 Å². The van der Waals surface area contributed by atoms with Crippen LogP contribution < -0.4 is 16.4 Å². The minimum Gasteiger partial charge on any atom is -0.504 e. The van der Waals surface area contributed by atoms with Gasteiger partial charge in [0.25, 0.3) is 11.5 Å². The van der Waals surface area contributed by atoms with E-state index in [1.165, 1.54) is 21.8 Å². The number of fused-ring (bicyclic) bond motifs is 1. The van der Waals surface area contributed by atoms with Crippen LogP contribution in [0.25, 0.3) is 16.6 Å². The maximum atomic E-state index is 12.6. The molecular weight excluding hydrogens is 480 g/mol. The number of carbonyl (C=O) groups is 2. The van der Waals surface area contributed by atoms with Crippen LogP contribution in [0.1, 0.15) is 16.9 Å². The normalized spacial score (nSPS) is 10.8. The summed E-state index contributed by atoms with van der Waals surface area (Å²) in [6, 6.07) is 14.1. The molecule has 0 atom stereocenters. The Balaban J connectivity index is 1.36. The van der Waals surface area contributed by atoms with Gasteiger partial charge in [-0.3, -0.25) is 29.8 Å². The SMILES string of the molecule is O=C(CCn1cnc2ccc(Br)cc2c1=O)NNC(=O)c1nn(-c2ccccc2)cc1O. The molecular formula is C21H17BrN6O4. The summed E-state index contributed by atoms with van der Waals surface area (Å²) in [5.41, 5.74) is 5.16. The molecule has 0 aliphatic heterocycles. The smallest absolute Gasteiger partial charge is 0.294 e. The Morgan fingerprint density at radius 3 is 2.66 bits per heavy atom. The standard InChI is InChI=1S/C21H17BrN6O4/c22-13-6-7-16-15(10-13)21(32)27(12-23-16)9-8-18(30)24-25-20(31)19-17(29)11-28(26-19)14-4-2-1-3-5-14/h1-7,10-12,29H,8-9H2,(H,24,30)(H,25,31). The molecule has 11 heteroatoms. The molecule has 2 heterocycles. The molecule has 2 amide bonds. The van der Waals surface area contributed by atoms with Crippen molar-refractivity contribution in [2.75, 3.05) is 0 Å². The highest BCUT2D eigenvalue weighted by molar-refractivity contribution is 9.10. The van der Waals surface area contributed by atoms with Crippen molar-refractivity contribution in [3.05, 3.63) is 81.6 Å². The number of benzene rings is 2. The van der Waals surface area contributed by atoms with Crippen LogP contribution in [0.15, 0.2) is 70.3 Å². The number of nitrogens with zero attached hydrogens (tertiary/aromatic N) is 4. The number of rotatable bonds is 5. The van der Waals surface area contributed by atoms with Gasteiger partial charge in [-0.15, -0.1) is 0 Å². The Bertz CT molecular complexity index is 1370. The largest absolute Gasteiger partial charge is 0.504 e. The fraction of sp³-hybridized carbons (Fsp3) is 0.0952. The Hall–Kier alpha value is -3.99. The maximum absolute atomic E-state index is 12.6. The van der Waals surface area contributed by atoms with Gasteiger partial charge in [0.1, 0.15) is 0 Å². The van der Waals surface area contributed by atoms with Crippen LogP contribution in [-0.4, -0.2) is 36.3 Å². The quantitative estimate of drug-likeness (QED) is 0.361. The molecule has 0 spiro atoms. The lowest BCUT2D eigenvalue weighted by molar-refractivity contribution is -0.122. The molecule has 162 valence electrons. The van der Waals surface area contributed by atoms with E-state index < -0.39 is 11.8 Å². The third-order valence-electron chi connectivity index (χ3n) is 4.61.